The van der Waals surface area contributed by atoms with Gasteiger partial charge in [0, 0.05) is 7.11 Å². The Hall–Kier alpha value is -1.80. The van der Waals surface area contributed by atoms with Gasteiger partial charge in [-0.15, -0.1) is 0 Å². The van der Waals surface area contributed by atoms with Crippen LogP contribution in [0.25, 0.3) is 0 Å². The van der Waals surface area contributed by atoms with E-state index in [1.165, 1.54) is 40.4 Å². The maximum atomic E-state index is 13.4. The van der Waals surface area contributed by atoms with Gasteiger partial charge in [-0.25, -0.2) is 5.09 Å². The Morgan fingerprint density at radius 1 is 1.22 bits per heavy atom. The number of rotatable bonds is 11. The van der Waals surface area contributed by atoms with E-state index in [1.54, 1.807) is 13.8 Å². The highest BCUT2D eigenvalue weighted by atomic mass is 31.2. The smallest absolute Gasteiger partial charge is 0.343 e. The number of methoxy groups -OCH3 is 3. The lowest BCUT2D eigenvalue weighted by Gasteiger charge is -2.34. The highest BCUT2D eigenvalue weighted by Gasteiger charge is 2.44. The summed E-state index contributed by atoms with van der Waals surface area (Å²) in [7, 11) is 0.242. The number of aliphatic hydroxyl groups excluding tert-OH is 1. The van der Waals surface area contributed by atoms with E-state index in [0.29, 0.717) is 5.56 Å². The van der Waals surface area contributed by atoms with Crippen LogP contribution in [0.2, 0.25) is 0 Å². The van der Waals surface area contributed by atoms with Gasteiger partial charge in [0.2, 0.25) is 5.75 Å². The van der Waals surface area contributed by atoms with Crippen molar-refractivity contribution in [2.75, 3.05) is 27.7 Å². The molecule has 0 aliphatic carbocycles. The molecule has 2 atom stereocenters. The van der Waals surface area contributed by atoms with Crippen molar-refractivity contribution < 1.29 is 38.3 Å². The van der Waals surface area contributed by atoms with Gasteiger partial charge in [0.25, 0.3) is 0 Å². The van der Waals surface area contributed by atoms with Gasteiger partial charge in [0.05, 0.1) is 20.8 Å². The Morgan fingerprint density at radius 2 is 1.74 bits per heavy atom. The number of nitrogens with one attached hydrogen (secondary N) is 1. The van der Waals surface area contributed by atoms with Crippen LogP contribution in [0, 0.1) is 5.92 Å². The Morgan fingerprint density at radius 3 is 2.07 bits per heavy atom. The molecule has 0 bridgehead atoms. The van der Waals surface area contributed by atoms with Crippen molar-refractivity contribution in [2.24, 2.45) is 5.92 Å². The summed E-state index contributed by atoms with van der Waals surface area (Å²) in [6.07, 6.45) is -0.378. The minimum absolute atomic E-state index is 0.0154. The lowest BCUT2D eigenvalue weighted by molar-refractivity contribution is -0.145. The minimum Gasteiger partial charge on any atom is -0.493 e. The molecule has 0 aliphatic heterocycles. The summed E-state index contributed by atoms with van der Waals surface area (Å²) in [5.74, 6) is -1.20. The molecule has 3 N–H and O–H groups in total. The lowest BCUT2D eigenvalue weighted by atomic mass is 9.90. The second-order valence-corrected chi connectivity index (χ2v) is 8.46. The van der Waals surface area contributed by atoms with Gasteiger partial charge in [-0.2, -0.15) is 0 Å². The molecule has 1 aromatic carbocycles. The van der Waals surface area contributed by atoms with Crippen molar-refractivity contribution >= 4 is 13.5 Å². The van der Waals surface area contributed by atoms with E-state index in [4.69, 9.17) is 18.7 Å². The highest BCUT2D eigenvalue weighted by Crippen LogP contribution is 2.52. The molecule has 1 rings (SSSR count). The second kappa shape index (κ2) is 9.41. The molecule has 10 heteroatoms. The van der Waals surface area contributed by atoms with E-state index in [9.17, 15) is 19.6 Å². The van der Waals surface area contributed by atoms with Crippen molar-refractivity contribution in [1.82, 2.24) is 5.09 Å². The maximum Gasteiger partial charge on any atom is 0.343 e. The molecule has 154 valence electrons. The van der Waals surface area contributed by atoms with Crippen LogP contribution >= 0.6 is 7.52 Å². The van der Waals surface area contributed by atoms with Crippen LogP contribution in [-0.2, 0) is 20.7 Å². The standard InChI is InChI=1S/C17H28NO8P/c1-11(2)17(3,16(20)21)18-27(22,10-23-4)26-15-13(24-5)7-12(9-19)8-14(15)25-6/h7-8,11,19H,9-10H2,1-6H3,(H,18,22)(H,20,21)/t17-,27?/m0/s1. The van der Waals surface area contributed by atoms with Crippen LogP contribution in [0.1, 0.15) is 26.3 Å². The summed E-state index contributed by atoms with van der Waals surface area (Å²) in [5.41, 5.74) is -1.03. The highest BCUT2D eigenvalue weighted by molar-refractivity contribution is 7.57. The summed E-state index contributed by atoms with van der Waals surface area (Å²) in [6.45, 7) is 4.55. The van der Waals surface area contributed by atoms with E-state index < -0.39 is 24.9 Å². The first-order chi connectivity index (χ1) is 12.6. The molecule has 0 aromatic heterocycles. The second-order valence-electron chi connectivity index (χ2n) is 6.44. The first-order valence-electron chi connectivity index (χ1n) is 8.23. The van der Waals surface area contributed by atoms with E-state index in [0.717, 1.165) is 0 Å². The van der Waals surface area contributed by atoms with Gasteiger partial charge in [-0.05, 0) is 30.5 Å². The SMILES string of the molecule is COCP(=O)(N[C@](C)(C(=O)O)C(C)C)Oc1c(OC)cc(CO)cc1OC. The van der Waals surface area contributed by atoms with Crippen molar-refractivity contribution in [3.05, 3.63) is 17.7 Å². The fraction of sp³-hybridized carbons (Fsp3) is 0.588. The predicted octanol–water partition coefficient (Wildman–Crippen LogP) is 2.46. The zero-order chi connectivity index (χ0) is 20.8. The van der Waals surface area contributed by atoms with Crippen molar-refractivity contribution in [3.63, 3.8) is 0 Å². The van der Waals surface area contributed by atoms with Crippen molar-refractivity contribution in [1.29, 1.82) is 0 Å². The number of aliphatic carboxylic acids is 1. The van der Waals surface area contributed by atoms with Crippen LogP contribution in [0.15, 0.2) is 12.1 Å². The Kier molecular flexibility index (Phi) is 8.10. The number of hydrogen-bond donors (Lipinski definition) is 3. The minimum atomic E-state index is -3.85. The Balaban J connectivity index is 3.42. The summed E-state index contributed by atoms with van der Waals surface area (Å²) >= 11 is 0. The lowest BCUT2D eigenvalue weighted by Crippen LogP contribution is -2.52. The van der Waals surface area contributed by atoms with E-state index in [-0.39, 0.29) is 30.2 Å². The Labute approximate surface area is 159 Å². The number of aliphatic hydroxyl groups is 1. The zero-order valence-corrected chi connectivity index (χ0v) is 17.3. The number of ether oxygens (including phenoxy) is 3. The van der Waals surface area contributed by atoms with Crippen LogP contribution < -0.4 is 19.1 Å². The third-order valence-electron chi connectivity index (χ3n) is 4.24. The molecule has 27 heavy (non-hydrogen) atoms. The molecule has 9 nitrogen and oxygen atoms in total. The number of carboxylic acids is 1. The molecule has 0 heterocycles. The normalized spacial score (nSPS) is 15.7. The first-order valence-corrected chi connectivity index (χ1v) is 10.0. The van der Waals surface area contributed by atoms with Gasteiger partial charge in [-0.1, -0.05) is 13.8 Å². The fourth-order valence-electron chi connectivity index (χ4n) is 2.29. The maximum absolute atomic E-state index is 13.4. The monoisotopic (exact) mass is 405 g/mol. The molecule has 0 aliphatic rings. The summed E-state index contributed by atoms with van der Waals surface area (Å²) in [4.78, 5) is 11.8. The average Bonchev–Trinajstić information content (AvgIpc) is 2.61. The molecule has 0 amide bonds. The number of carbonyl (C=O) groups is 1. The summed E-state index contributed by atoms with van der Waals surface area (Å²) in [5, 5.41) is 21.6. The Bertz CT molecular complexity index is 683. The molecule has 0 saturated carbocycles. The quantitative estimate of drug-likeness (QED) is 0.476. The van der Waals surface area contributed by atoms with Crippen LogP contribution in [0.3, 0.4) is 0 Å². The predicted molar refractivity (Wildman–Crippen MR) is 99.6 cm³/mol. The van der Waals surface area contributed by atoms with Crippen LogP contribution in [0.5, 0.6) is 17.2 Å². The molecular formula is C17H28NO8P. The van der Waals surface area contributed by atoms with Gasteiger partial charge in [-0.3, -0.25) is 9.36 Å². The van der Waals surface area contributed by atoms with Gasteiger partial charge in [0.15, 0.2) is 11.5 Å². The molecule has 0 radical (unpaired) electrons. The van der Waals surface area contributed by atoms with E-state index >= 15 is 0 Å². The third kappa shape index (κ3) is 5.35. The molecule has 0 saturated heterocycles. The zero-order valence-electron chi connectivity index (χ0n) is 16.4. The average molecular weight is 405 g/mol. The van der Waals surface area contributed by atoms with Gasteiger partial charge < -0.3 is 28.9 Å². The largest absolute Gasteiger partial charge is 0.493 e. The third-order valence-corrected chi connectivity index (χ3v) is 6.12. The van der Waals surface area contributed by atoms with Crippen molar-refractivity contribution in [3.8, 4) is 17.2 Å². The molecular weight excluding hydrogens is 377 g/mol. The topological polar surface area (TPSA) is 124 Å². The molecule has 1 unspecified atom stereocenters. The van der Waals surface area contributed by atoms with Crippen molar-refractivity contribution in [2.45, 2.75) is 32.9 Å². The van der Waals surface area contributed by atoms with E-state index in [1.807, 2.05) is 0 Å². The number of benzene rings is 1. The van der Waals surface area contributed by atoms with Gasteiger partial charge in [0.1, 0.15) is 11.9 Å². The molecule has 0 fully saturated rings. The molecule has 0 spiro atoms. The van der Waals surface area contributed by atoms with Gasteiger partial charge >= 0.3 is 13.5 Å². The van der Waals surface area contributed by atoms with E-state index in [2.05, 4.69) is 5.09 Å². The fourth-order valence-corrected chi connectivity index (χ4v) is 4.33. The van der Waals surface area contributed by atoms with Crippen LogP contribution in [0.4, 0.5) is 0 Å². The number of hydrogen-bond acceptors (Lipinski definition) is 7. The first kappa shape index (κ1) is 23.2. The number of carboxylic acid groups (broad SMARTS) is 1. The summed E-state index contributed by atoms with van der Waals surface area (Å²) < 4.78 is 34.6. The van der Waals surface area contributed by atoms with Crippen LogP contribution in [-0.4, -0.2) is 49.4 Å². The molecule has 1 aromatic rings. The summed E-state index contributed by atoms with van der Waals surface area (Å²) in [6, 6.07) is 3.02.